The summed E-state index contributed by atoms with van der Waals surface area (Å²) in [5, 5.41) is 2.98. The smallest absolute Gasteiger partial charge is 0.321 e. The number of methoxy groups -OCH3 is 2. The molecule has 2 amide bonds. The van der Waals surface area contributed by atoms with E-state index < -0.39 is 0 Å². The van der Waals surface area contributed by atoms with Crippen LogP contribution in [0.4, 0.5) is 10.5 Å². The van der Waals surface area contributed by atoms with Gasteiger partial charge in [0.25, 0.3) is 0 Å². The largest absolute Gasteiger partial charge is 0.493 e. The van der Waals surface area contributed by atoms with Crippen LogP contribution in [0.25, 0.3) is 0 Å². The molecule has 23 heavy (non-hydrogen) atoms. The standard InChI is InChI=1S/C18H28N2O3/c1-13-10-16(22-3)17(23-4)11-15(13)19-18(21)20(2)12-14-8-6-5-7-9-14/h10-11,14H,5-9,12H2,1-4H3,(H,19,21). The Morgan fingerprint density at radius 2 is 1.78 bits per heavy atom. The van der Waals surface area contributed by atoms with Crippen molar-refractivity contribution in [3.63, 3.8) is 0 Å². The van der Waals surface area contributed by atoms with Crippen molar-refractivity contribution in [2.75, 3.05) is 33.1 Å². The molecule has 1 aliphatic carbocycles. The normalized spacial score (nSPS) is 15.1. The molecule has 0 bridgehead atoms. The first-order valence-electron chi connectivity index (χ1n) is 8.30. The Hall–Kier alpha value is -1.91. The summed E-state index contributed by atoms with van der Waals surface area (Å²) in [6.07, 6.45) is 6.36. The van der Waals surface area contributed by atoms with Crippen molar-refractivity contribution in [3.8, 4) is 11.5 Å². The number of nitrogens with one attached hydrogen (secondary N) is 1. The zero-order valence-electron chi connectivity index (χ0n) is 14.6. The molecule has 0 unspecified atom stereocenters. The zero-order valence-corrected chi connectivity index (χ0v) is 14.6. The number of rotatable bonds is 5. The third-order valence-electron chi connectivity index (χ3n) is 4.58. The summed E-state index contributed by atoms with van der Waals surface area (Å²) in [7, 11) is 5.06. The predicted octanol–water partition coefficient (Wildman–Crippen LogP) is 4.06. The molecule has 1 aliphatic rings. The summed E-state index contributed by atoms with van der Waals surface area (Å²) in [6.45, 7) is 2.76. The number of ether oxygens (including phenoxy) is 2. The van der Waals surface area contributed by atoms with Crippen molar-refractivity contribution in [2.45, 2.75) is 39.0 Å². The van der Waals surface area contributed by atoms with Gasteiger partial charge < -0.3 is 19.7 Å². The predicted molar refractivity (Wildman–Crippen MR) is 92.5 cm³/mol. The molecule has 0 heterocycles. The molecule has 0 spiro atoms. The Labute approximate surface area is 139 Å². The Bertz CT molecular complexity index is 539. The van der Waals surface area contributed by atoms with E-state index in [0.717, 1.165) is 17.8 Å². The van der Waals surface area contributed by atoms with Gasteiger partial charge in [-0.15, -0.1) is 0 Å². The maximum Gasteiger partial charge on any atom is 0.321 e. The van der Waals surface area contributed by atoms with Crippen LogP contribution in [0.5, 0.6) is 11.5 Å². The maximum atomic E-state index is 12.4. The van der Waals surface area contributed by atoms with Crippen molar-refractivity contribution in [3.05, 3.63) is 17.7 Å². The van der Waals surface area contributed by atoms with E-state index in [1.54, 1.807) is 25.2 Å². The molecule has 0 saturated heterocycles. The van der Waals surface area contributed by atoms with Crippen molar-refractivity contribution in [1.29, 1.82) is 0 Å². The van der Waals surface area contributed by atoms with E-state index in [2.05, 4.69) is 5.32 Å². The van der Waals surface area contributed by atoms with Gasteiger partial charge >= 0.3 is 6.03 Å². The summed E-state index contributed by atoms with van der Waals surface area (Å²) in [5.41, 5.74) is 1.70. The molecule has 5 heteroatoms. The minimum atomic E-state index is -0.0779. The number of anilines is 1. The fourth-order valence-corrected chi connectivity index (χ4v) is 3.17. The average molecular weight is 320 g/mol. The van der Waals surface area contributed by atoms with Crippen molar-refractivity contribution >= 4 is 11.7 Å². The van der Waals surface area contributed by atoms with Crippen LogP contribution in [-0.2, 0) is 0 Å². The molecule has 2 rings (SSSR count). The second kappa shape index (κ2) is 8.09. The molecule has 1 N–H and O–H groups in total. The number of urea groups is 1. The Morgan fingerprint density at radius 1 is 1.17 bits per heavy atom. The van der Waals surface area contributed by atoms with Crippen LogP contribution in [0.2, 0.25) is 0 Å². The molecular formula is C18H28N2O3. The summed E-state index contributed by atoms with van der Waals surface area (Å²) >= 11 is 0. The van der Waals surface area contributed by atoms with Crippen molar-refractivity contribution < 1.29 is 14.3 Å². The zero-order chi connectivity index (χ0) is 16.8. The topological polar surface area (TPSA) is 50.8 Å². The lowest BCUT2D eigenvalue weighted by molar-refractivity contribution is 0.205. The molecule has 128 valence electrons. The van der Waals surface area contributed by atoms with Gasteiger partial charge in [-0.05, 0) is 37.3 Å². The first-order chi connectivity index (χ1) is 11.0. The molecule has 0 radical (unpaired) electrons. The third kappa shape index (κ3) is 4.53. The SMILES string of the molecule is COc1cc(C)c(NC(=O)N(C)CC2CCCCC2)cc1OC. The van der Waals surface area contributed by atoms with Crippen LogP contribution >= 0.6 is 0 Å². The number of carbonyl (C=O) groups is 1. The van der Waals surface area contributed by atoms with Gasteiger partial charge in [0.2, 0.25) is 0 Å². The van der Waals surface area contributed by atoms with E-state index in [1.165, 1.54) is 32.1 Å². The lowest BCUT2D eigenvalue weighted by Crippen LogP contribution is -2.36. The molecule has 0 aliphatic heterocycles. The number of hydrogen-bond acceptors (Lipinski definition) is 3. The molecule has 5 nitrogen and oxygen atoms in total. The molecule has 0 atom stereocenters. The highest BCUT2D eigenvalue weighted by atomic mass is 16.5. The Balaban J connectivity index is 2.01. The third-order valence-corrected chi connectivity index (χ3v) is 4.58. The van der Waals surface area contributed by atoms with Gasteiger partial charge in [-0.25, -0.2) is 4.79 Å². The van der Waals surface area contributed by atoms with Crippen LogP contribution in [0.1, 0.15) is 37.7 Å². The second-order valence-electron chi connectivity index (χ2n) is 6.34. The van der Waals surface area contributed by atoms with Gasteiger partial charge in [0.05, 0.1) is 14.2 Å². The quantitative estimate of drug-likeness (QED) is 0.890. The molecule has 0 aromatic heterocycles. The van der Waals surface area contributed by atoms with E-state index in [-0.39, 0.29) is 6.03 Å². The summed E-state index contributed by atoms with van der Waals surface area (Å²) in [6, 6.07) is 3.60. The van der Waals surface area contributed by atoms with E-state index in [1.807, 2.05) is 20.0 Å². The van der Waals surface area contributed by atoms with Crippen molar-refractivity contribution in [1.82, 2.24) is 4.90 Å². The molecule has 1 fully saturated rings. The van der Waals surface area contributed by atoms with Crippen molar-refractivity contribution in [2.24, 2.45) is 5.92 Å². The van der Waals surface area contributed by atoms with Gasteiger partial charge in [-0.3, -0.25) is 0 Å². The van der Waals surface area contributed by atoms with E-state index in [9.17, 15) is 4.79 Å². The molecule has 1 aromatic rings. The average Bonchev–Trinajstić information content (AvgIpc) is 2.57. The molecule has 1 saturated carbocycles. The van der Waals surface area contributed by atoms with E-state index in [0.29, 0.717) is 17.4 Å². The summed E-state index contributed by atoms with van der Waals surface area (Å²) in [5.74, 6) is 1.91. The Morgan fingerprint density at radius 3 is 2.39 bits per heavy atom. The summed E-state index contributed by atoms with van der Waals surface area (Å²) in [4.78, 5) is 14.2. The fourth-order valence-electron chi connectivity index (χ4n) is 3.17. The van der Waals surface area contributed by atoms with Crippen LogP contribution < -0.4 is 14.8 Å². The summed E-state index contributed by atoms with van der Waals surface area (Å²) < 4.78 is 10.6. The number of aryl methyl sites for hydroxylation is 1. The Kier molecular flexibility index (Phi) is 6.13. The lowest BCUT2D eigenvalue weighted by Gasteiger charge is -2.27. The number of carbonyl (C=O) groups excluding carboxylic acids is 1. The second-order valence-corrected chi connectivity index (χ2v) is 6.34. The van der Waals surface area contributed by atoms with Crippen LogP contribution in [0, 0.1) is 12.8 Å². The van der Waals surface area contributed by atoms with Gasteiger partial charge in [0, 0.05) is 25.3 Å². The van der Waals surface area contributed by atoms with Crippen LogP contribution in [0.3, 0.4) is 0 Å². The lowest BCUT2D eigenvalue weighted by atomic mass is 9.89. The van der Waals surface area contributed by atoms with Gasteiger partial charge in [-0.2, -0.15) is 0 Å². The first-order valence-corrected chi connectivity index (χ1v) is 8.30. The maximum absolute atomic E-state index is 12.4. The monoisotopic (exact) mass is 320 g/mol. The highest BCUT2D eigenvalue weighted by Gasteiger charge is 2.19. The number of amides is 2. The van der Waals surface area contributed by atoms with Crippen LogP contribution in [0.15, 0.2) is 12.1 Å². The fraction of sp³-hybridized carbons (Fsp3) is 0.611. The minimum absolute atomic E-state index is 0.0779. The van der Waals surface area contributed by atoms with Gasteiger partial charge in [0.1, 0.15) is 0 Å². The van der Waals surface area contributed by atoms with Gasteiger partial charge in [-0.1, -0.05) is 19.3 Å². The van der Waals surface area contributed by atoms with Gasteiger partial charge in [0.15, 0.2) is 11.5 Å². The number of benzene rings is 1. The minimum Gasteiger partial charge on any atom is -0.493 e. The molecular weight excluding hydrogens is 292 g/mol. The van der Waals surface area contributed by atoms with E-state index in [4.69, 9.17) is 9.47 Å². The highest BCUT2D eigenvalue weighted by molar-refractivity contribution is 5.90. The first kappa shape index (κ1) is 17.4. The number of hydrogen-bond donors (Lipinski definition) is 1. The van der Waals surface area contributed by atoms with E-state index >= 15 is 0 Å². The van der Waals surface area contributed by atoms with Crippen LogP contribution in [-0.4, -0.2) is 38.7 Å². The molecule has 1 aromatic carbocycles. The highest BCUT2D eigenvalue weighted by Crippen LogP contribution is 2.33. The number of nitrogens with zero attached hydrogens (tertiary/aromatic N) is 1.